The van der Waals surface area contributed by atoms with Crippen LogP contribution in [-0.2, 0) is 10.2 Å². The normalized spacial score (nSPS) is 19.9. The van der Waals surface area contributed by atoms with E-state index in [0.29, 0.717) is 19.0 Å². The molecule has 1 aliphatic rings. The monoisotopic (exact) mass is 298 g/mol. The second-order valence-corrected chi connectivity index (χ2v) is 7.05. The van der Waals surface area contributed by atoms with Crippen molar-refractivity contribution in [2.45, 2.75) is 25.8 Å². The van der Waals surface area contributed by atoms with E-state index in [1.807, 2.05) is 30.3 Å². The van der Waals surface area contributed by atoms with Gasteiger partial charge in [0.1, 0.15) is 0 Å². The molecule has 2 N–H and O–H groups in total. The number of aliphatic hydroxyl groups is 1. The Hall–Kier alpha value is -0.950. The zero-order valence-electron chi connectivity index (χ0n) is 11.7. The fourth-order valence-electron chi connectivity index (χ4n) is 2.38. The third kappa shape index (κ3) is 3.79. The fourth-order valence-corrected chi connectivity index (χ4v) is 3.79. The van der Waals surface area contributed by atoms with E-state index in [2.05, 4.69) is 11.6 Å². The van der Waals surface area contributed by atoms with Crippen molar-refractivity contribution in [2.75, 3.05) is 19.7 Å². The van der Waals surface area contributed by atoms with Crippen LogP contribution in [0, 0.1) is 5.92 Å². The van der Waals surface area contributed by atoms with Crippen molar-refractivity contribution >= 4 is 10.2 Å². The van der Waals surface area contributed by atoms with Gasteiger partial charge in [-0.15, -0.1) is 0 Å². The van der Waals surface area contributed by atoms with E-state index in [-0.39, 0.29) is 6.61 Å². The molecule has 0 saturated carbocycles. The minimum absolute atomic E-state index is 0.256. The second-order valence-electron chi connectivity index (χ2n) is 5.35. The molecule has 1 aromatic carbocycles. The van der Waals surface area contributed by atoms with E-state index in [4.69, 9.17) is 0 Å². The maximum atomic E-state index is 12.3. The van der Waals surface area contributed by atoms with Crippen LogP contribution in [0.5, 0.6) is 0 Å². The highest BCUT2D eigenvalue weighted by Gasteiger charge is 2.28. The number of nitrogens with zero attached hydrogens (tertiary/aromatic N) is 1. The molecular formula is C14H22N2O3S. The quantitative estimate of drug-likeness (QED) is 0.860. The number of rotatable bonds is 5. The minimum Gasteiger partial charge on any atom is -0.394 e. The average molecular weight is 298 g/mol. The van der Waals surface area contributed by atoms with Crippen LogP contribution in [0.2, 0.25) is 0 Å². The largest absolute Gasteiger partial charge is 0.394 e. The van der Waals surface area contributed by atoms with Crippen LogP contribution in [0.3, 0.4) is 0 Å². The Morgan fingerprint density at radius 3 is 2.45 bits per heavy atom. The van der Waals surface area contributed by atoms with Crippen molar-refractivity contribution in [3.63, 3.8) is 0 Å². The highest BCUT2D eigenvalue weighted by atomic mass is 32.2. The van der Waals surface area contributed by atoms with Gasteiger partial charge in [0.2, 0.25) is 0 Å². The van der Waals surface area contributed by atoms with Crippen LogP contribution in [0.25, 0.3) is 0 Å². The SMILES string of the molecule is CC1CCN(S(=O)(=O)N[C@@H](CO)c2ccccc2)CC1. The third-order valence-corrected chi connectivity index (χ3v) is 5.39. The summed E-state index contributed by atoms with van der Waals surface area (Å²) < 4.78 is 28.7. The summed E-state index contributed by atoms with van der Waals surface area (Å²) in [6.45, 7) is 2.97. The number of hydrogen-bond acceptors (Lipinski definition) is 3. The van der Waals surface area contributed by atoms with Crippen LogP contribution >= 0.6 is 0 Å². The average Bonchev–Trinajstić information content (AvgIpc) is 2.46. The maximum absolute atomic E-state index is 12.3. The van der Waals surface area contributed by atoms with Crippen molar-refractivity contribution < 1.29 is 13.5 Å². The van der Waals surface area contributed by atoms with E-state index in [1.54, 1.807) is 0 Å². The lowest BCUT2D eigenvalue weighted by atomic mass is 10.0. The van der Waals surface area contributed by atoms with Crippen LogP contribution < -0.4 is 4.72 Å². The van der Waals surface area contributed by atoms with Crippen LogP contribution in [0.15, 0.2) is 30.3 Å². The van der Waals surface area contributed by atoms with Gasteiger partial charge in [0, 0.05) is 13.1 Å². The Morgan fingerprint density at radius 1 is 1.30 bits per heavy atom. The van der Waals surface area contributed by atoms with E-state index in [0.717, 1.165) is 18.4 Å². The number of piperidine rings is 1. The standard InChI is InChI=1S/C14H22N2O3S/c1-12-7-9-16(10-8-12)20(18,19)15-14(11-17)13-5-3-2-4-6-13/h2-6,12,14-15,17H,7-11H2,1H3/t14-/m0/s1. The summed E-state index contributed by atoms with van der Waals surface area (Å²) in [6, 6.07) is 8.53. The lowest BCUT2D eigenvalue weighted by molar-refractivity contribution is 0.249. The molecule has 0 spiro atoms. The van der Waals surface area contributed by atoms with E-state index < -0.39 is 16.3 Å². The molecule has 5 nitrogen and oxygen atoms in total. The van der Waals surface area contributed by atoms with E-state index in [1.165, 1.54) is 4.31 Å². The summed E-state index contributed by atoms with van der Waals surface area (Å²) in [7, 11) is -3.54. The first-order valence-corrected chi connectivity index (χ1v) is 8.40. The van der Waals surface area contributed by atoms with Crippen molar-refractivity contribution in [1.29, 1.82) is 0 Å². The first-order valence-electron chi connectivity index (χ1n) is 6.96. The Labute approximate surface area is 120 Å². The summed E-state index contributed by atoms with van der Waals surface area (Å²) in [5.41, 5.74) is 0.768. The molecular weight excluding hydrogens is 276 g/mol. The first-order chi connectivity index (χ1) is 9.53. The maximum Gasteiger partial charge on any atom is 0.280 e. The predicted octanol–water partition coefficient (Wildman–Crippen LogP) is 1.29. The van der Waals surface area contributed by atoms with Crippen molar-refractivity contribution in [3.05, 3.63) is 35.9 Å². The summed E-state index contributed by atoms with van der Waals surface area (Å²) in [5, 5.41) is 9.44. The Balaban J connectivity index is 2.06. The lowest BCUT2D eigenvalue weighted by Gasteiger charge is -2.30. The molecule has 0 amide bonds. The molecule has 0 unspecified atom stereocenters. The van der Waals surface area contributed by atoms with Gasteiger partial charge in [0.05, 0.1) is 12.6 Å². The highest BCUT2D eigenvalue weighted by molar-refractivity contribution is 7.87. The molecule has 0 radical (unpaired) electrons. The van der Waals surface area contributed by atoms with Gasteiger partial charge >= 0.3 is 0 Å². The topological polar surface area (TPSA) is 69.6 Å². The molecule has 1 atom stereocenters. The van der Waals surface area contributed by atoms with Crippen LogP contribution in [0.4, 0.5) is 0 Å². The second kappa shape index (κ2) is 6.67. The summed E-state index contributed by atoms with van der Waals surface area (Å²) in [6.07, 6.45) is 1.77. The Kier molecular flexibility index (Phi) is 5.15. The zero-order valence-corrected chi connectivity index (χ0v) is 12.5. The molecule has 20 heavy (non-hydrogen) atoms. The number of aliphatic hydroxyl groups excluding tert-OH is 1. The van der Waals surface area contributed by atoms with Gasteiger partial charge in [-0.25, -0.2) is 0 Å². The van der Waals surface area contributed by atoms with Crippen LogP contribution in [-0.4, -0.2) is 37.5 Å². The Morgan fingerprint density at radius 2 is 1.90 bits per heavy atom. The van der Waals surface area contributed by atoms with Crippen molar-refractivity contribution in [2.24, 2.45) is 5.92 Å². The van der Waals surface area contributed by atoms with Gasteiger partial charge in [-0.05, 0) is 24.3 Å². The smallest absolute Gasteiger partial charge is 0.280 e. The van der Waals surface area contributed by atoms with Gasteiger partial charge in [0.15, 0.2) is 0 Å². The van der Waals surface area contributed by atoms with E-state index in [9.17, 15) is 13.5 Å². The summed E-state index contributed by atoms with van der Waals surface area (Å²) in [4.78, 5) is 0. The molecule has 0 aromatic heterocycles. The molecule has 1 aliphatic heterocycles. The predicted molar refractivity (Wildman–Crippen MR) is 78.3 cm³/mol. The minimum atomic E-state index is -3.54. The summed E-state index contributed by atoms with van der Waals surface area (Å²) in [5.74, 6) is 0.573. The molecule has 1 aromatic rings. The molecule has 6 heteroatoms. The Bertz CT molecular complexity index is 510. The third-order valence-electron chi connectivity index (χ3n) is 3.76. The van der Waals surface area contributed by atoms with Crippen molar-refractivity contribution in [3.8, 4) is 0 Å². The lowest BCUT2D eigenvalue weighted by Crippen LogP contribution is -2.46. The van der Waals surface area contributed by atoms with Crippen molar-refractivity contribution in [1.82, 2.24) is 9.03 Å². The molecule has 1 fully saturated rings. The fraction of sp³-hybridized carbons (Fsp3) is 0.571. The molecule has 0 aliphatic carbocycles. The first kappa shape index (κ1) is 15.4. The highest BCUT2D eigenvalue weighted by Crippen LogP contribution is 2.20. The van der Waals surface area contributed by atoms with E-state index >= 15 is 0 Å². The number of hydrogen-bond donors (Lipinski definition) is 2. The zero-order chi connectivity index (χ0) is 14.6. The number of benzene rings is 1. The van der Waals surface area contributed by atoms with Gasteiger partial charge < -0.3 is 5.11 Å². The molecule has 1 saturated heterocycles. The van der Waals surface area contributed by atoms with Gasteiger partial charge in [0.25, 0.3) is 10.2 Å². The van der Waals surface area contributed by atoms with Gasteiger partial charge in [-0.3, -0.25) is 0 Å². The van der Waals surface area contributed by atoms with Gasteiger partial charge in [-0.2, -0.15) is 17.4 Å². The molecule has 1 heterocycles. The van der Waals surface area contributed by atoms with Crippen LogP contribution in [0.1, 0.15) is 31.4 Å². The molecule has 0 bridgehead atoms. The summed E-state index contributed by atoms with van der Waals surface area (Å²) >= 11 is 0. The van der Waals surface area contributed by atoms with Gasteiger partial charge in [-0.1, -0.05) is 37.3 Å². The number of nitrogens with one attached hydrogen (secondary N) is 1. The molecule has 2 rings (SSSR count). The molecule has 112 valence electrons.